The van der Waals surface area contributed by atoms with E-state index in [4.69, 9.17) is 0 Å². The monoisotopic (exact) mass is 329 g/mol. The summed E-state index contributed by atoms with van der Waals surface area (Å²) < 4.78 is 12.7. The molecule has 0 saturated heterocycles. The van der Waals surface area contributed by atoms with Crippen molar-refractivity contribution in [3.05, 3.63) is 59.9 Å². The number of carbonyl (C=O) groups excluding carboxylic acids is 2. The Labute approximate surface area is 138 Å². The Bertz CT molecular complexity index is 745. The van der Waals surface area contributed by atoms with Crippen LogP contribution in [0.25, 0.3) is 0 Å². The third kappa shape index (κ3) is 5.88. The lowest BCUT2D eigenvalue weighted by molar-refractivity contribution is -0.124. The zero-order valence-corrected chi connectivity index (χ0v) is 12.7. The van der Waals surface area contributed by atoms with Crippen LogP contribution in [0.2, 0.25) is 0 Å². The molecule has 0 atom stereocenters. The molecular weight excluding hydrogens is 313 g/mol. The van der Waals surface area contributed by atoms with Gasteiger partial charge in [-0.05, 0) is 42.0 Å². The summed E-state index contributed by atoms with van der Waals surface area (Å²) in [4.78, 5) is 23.3. The molecule has 0 aliphatic carbocycles. The molecule has 0 spiro atoms. The molecule has 0 aliphatic rings. The summed E-state index contributed by atoms with van der Waals surface area (Å²) in [6.45, 7) is 0. The van der Waals surface area contributed by atoms with Gasteiger partial charge in [0.2, 0.25) is 11.8 Å². The molecule has 124 valence electrons. The Balaban J connectivity index is 1.72. The summed E-state index contributed by atoms with van der Waals surface area (Å²) in [5.41, 5.74) is 3.39. The van der Waals surface area contributed by atoms with E-state index in [0.29, 0.717) is 11.3 Å². The minimum atomic E-state index is -0.416. The number of hydrazone groups is 1. The summed E-state index contributed by atoms with van der Waals surface area (Å²) in [6.07, 6.45) is 1.32. The molecule has 2 rings (SSSR count). The fourth-order valence-corrected chi connectivity index (χ4v) is 1.82. The Morgan fingerprint density at radius 3 is 2.50 bits per heavy atom. The zero-order chi connectivity index (χ0) is 17.4. The van der Waals surface area contributed by atoms with Crippen LogP contribution >= 0.6 is 0 Å². The summed E-state index contributed by atoms with van der Waals surface area (Å²) >= 11 is 0. The minimum absolute atomic E-state index is 0.0230. The number of carbonyl (C=O) groups is 2. The second-order valence-electron chi connectivity index (χ2n) is 4.94. The Morgan fingerprint density at radius 2 is 1.79 bits per heavy atom. The highest BCUT2D eigenvalue weighted by Crippen LogP contribution is 2.09. The van der Waals surface area contributed by atoms with Crippen LogP contribution in [0.5, 0.6) is 5.75 Å². The third-order valence-corrected chi connectivity index (χ3v) is 2.98. The summed E-state index contributed by atoms with van der Waals surface area (Å²) in [5, 5.41) is 15.6. The van der Waals surface area contributed by atoms with E-state index < -0.39 is 11.7 Å². The average molecular weight is 329 g/mol. The maximum Gasteiger partial charge on any atom is 0.240 e. The quantitative estimate of drug-likeness (QED) is 0.561. The van der Waals surface area contributed by atoms with E-state index in [0.717, 1.165) is 0 Å². The SMILES string of the molecule is O=C(CCC(=O)Nc1ccc(F)cc1)N/N=C\c1cccc(O)c1. The van der Waals surface area contributed by atoms with Crippen molar-refractivity contribution in [2.24, 2.45) is 5.10 Å². The highest BCUT2D eigenvalue weighted by molar-refractivity contribution is 5.93. The fraction of sp³-hybridized carbons (Fsp3) is 0.118. The number of hydrogen-bond donors (Lipinski definition) is 3. The number of phenolic OH excluding ortho intramolecular Hbond substituents is 1. The van der Waals surface area contributed by atoms with Crippen LogP contribution in [0.1, 0.15) is 18.4 Å². The first-order valence-electron chi connectivity index (χ1n) is 7.19. The highest BCUT2D eigenvalue weighted by Gasteiger charge is 2.06. The highest BCUT2D eigenvalue weighted by atomic mass is 19.1. The van der Waals surface area contributed by atoms with Gasteiger partial charge >= 0.3 is 0 Å². The van der Waals surface area contributed by atoms with Crippen LogP contribution < -0.4 is 10.7 Å². The van der Waals surface area contributed by atoms with E-state index >= 15 is 0 Å². The lowest BCUT2D eigenvalue weighted by Gasteiger charge is -2.04. The molecule has 7 heteroatoms. The number of amides is 2. The molecule has 0 bridgehead atoms. The summed E-state index contributed by atoms with van der Waals surface area (Å²) in [6, 6.07) is 11.7. The number of phenols is 1. The van der Waals surface area contributed by atoms with Gasteiger partial charge in [-0.2, -0.15) is 5.10 Å². The Hall–Kier alpha value is -3.22. The maximum atomic E-state index is 12.7. The lowest BCUT2D eigenvalue weighted by Crippen LogP contribution is -2.20. The van der Waals surface area contributed by atoms with Gasteiger partial charge in [0, 0.05) is 18.5 Å². The zero-order valence-electron chi connectivity index (χ0n) is 12.7. The van der Waals surface area contributed by atoms with Gasteiger partial charge in [0.1, 0.15) is 11.6 Å². The molecule has 2 aromatic carbocycles. The number of nitrogens with zero attached hydrogens (tertiary/aromatic N) is 1. The predicted molar refractivity (Wildman–Crippen MR) is 88.1 cm³/mol. The van der Waals surface area contributed by atoms with E-state index in [-0.39, 0.29) is 24.5 Å². The van der Waals surface area contributed by atoms with Gasteiger partial charge in [0.15, 0.2) is 0 Å². The van der Waals surface area contributed by atoms with E-state index in [9.17, 15) is 19.1 Å². The molecule has 0 saturated carbocycles. The van der Waals surface area contributed by atoms with Gasteiger partial charge in [-0.25, -0.2) is 9.82 Å². The van der Waals surface area contributed by atoms with Crippen LogP contribution in [-0.2, 0) is 9.59 Å². The van der Waals surface area contributed by atoms with E-state index in [1.807, 2.05) is 0 Å². The Morgan fingerprint density at radius 1 is 1.08 bits per heavy atom. The van der Waals surface area contributed by atoms with E-state index in [1.54, 1.807) is 12.1 Å². The molecule has 0 radical (unpaired) electrons. The molecule has 0 heterocycles. The van der Waals surface area contributed by atoms with Gasteiger partial charge in [0.05, 0.1) is 6.21 Å². The van der Waals surface area contributed by atoms with Gasteiger partial charge in [-0.15, -0.1) is 0 Å². The molecular formula is C17H16FN3O3. The van der Waals surface area contributed by atoms with Crippen LogP contribution in [0.4, 0.5) is 10.1 Å². The summed E-state index contributed by atoms with van der Waals surface area (Å²) in [5.74, 6) is -1.06. The maximum absolute atomic E-state index is 12.7. The number of rotatable bonds is 6. The van der Waals surface area contributed by atoms with Crippen molar-refractivity contribution in [2.75, 3.05) is 5.32 Å². The van der Waals surface area contributed by atoms with E-state index in [1.165, 1.54) is 42.6 Å². The second-order valence-corrected chi connectivity index (χ2v) is 4.94. The molecule has 0 fully saturated rings. The second kappa shape index (κ2) is 8.42. The van der Waals surface area contributed by atoms with Crippen molar-refractivity contribution in [3.8, 4) is 5.75 Å². The number of halogens is 1. The first-order valence-corrected chi connectivity index (χ1v) is 7.19. The summed E-state index contributed by atoms with van der Waals surface area (Å²) in [7, 11) is 0. The third-order valence-electron chi connectivity index (χ3n) is 2.98. The van der Waals surface area contributed by atoms with Crippen molar-refractivity contribution in [1.29, 1.82) is 0 Å². The van der Waals surface area contributed by atoms with Crippen molar-refractivity contribution < 1.29 is 19.1 Å². The van der Waals surface area contributed by atoms with Crippen LogP contribution in [-0.4, -0.2) is 23.1 Å². The molecule has 24 heavy (non-hydrogen) atoms. The normalized spacial score (nSPS) is 10.5. The molecule has 0 unspecified atom stereocenters. The average Bonchev–Trinajstić information content (AvgIpc) is 2.55. The molecule has 3 N–H and O–H groups in total. The van der Waals surface area contributed by atoms with Crippen LogP contribution in [0.3, 0.4) is 0 Å². The van der Waals surface area contributed by atoms with Crippen molar-refractivity contribution in [3.63, 3.8) is 0 Å². The van der Waals surface area contributed by atoms with Crippen LogP contribution in [0.15, 0.2) is 53.6 Å². The fourth-order valence-electron chi connectivity index (χ4n) is 1.82. The topological polar surface area (TPSA) is 90.8 Å². The minimum Gasteiger partial charge on any atom is -0.508 e. The first-order chi connectivity index (χ1) is 11.5. The van der Waals surface area contributed by atoms with Gasteiger partial charge < -0.3 is 10.4 Å². The smallest absolute Gasteiger partial charge is 0.240 e. The van der Waals surface area contributed by atoms with Gasteiger partial charge in [-0.1, -0.05) is 12.1 Å². The first kappa shape index (κ1) is 17.1. The van der Waals surface area contributed by atoms with Crippen LogP contribution in [0, 0.1) is 5.82 Å². The molecule has 0 aromatic heterocycles. The van der Waals surface area contributed by atoms with E-state index in [2.05, 4.69) is 15.8 Å². The molecule has 6 nitrogen and oxygen atoms in total. The predicted octanol–water partition coefficient (Wildman–Crippen LogP) is 2.40. The molecule has 2 aromatic rings. The lowest BCUT2D eigenvalue weighted by atomic mass is 10.2. The van der Waals surface area contributed by atoms with Gasteiger partial charge in [0.25, 0.3) is 0 Å². The van der Waals surface area contributed by atoms with Gasteiger partial charge in [-0.3, -0.25) is 9.59 Å². The molecule has 2 amide bonds. The standard InChI is InChI=1S/C17H16FN3O3/c18-13-4-6-14(7-5-13)20-16(23)8-9-17(24)21-19-11-12-2-1-3-15(22)10-12/h1-7,10-11,22H,8-9H2,(H,20,23)(H,21,24)/b19-11-. The largest absolute Gasteiger partial charge is 0.508 e. The number of aromatic hydroxyl groups is 1. The van der Waals surface area contributed by atoms with Crippen molar-refractivity contribution in [1.82, 2.24) is 5.43 Å². The van der Waals surface area contributed by atoms with Crippen molar-refractivity contribution in [2.45, 2.75) is 12.8 Å². The number of benzene rings is 2. The Kier molecular flexibility index (Phi) is 6.01. The van der Waals surface area contributed by atoms with Crippen molar-refractivity contribution >= 4 is 23.7 Å². The molecule has 0 aliphatic heterocycles. The number of anilines is 1. The number of hydrogen-bond acceptors (Lipinski definition) is 4. The number of nitrogens with one attached hydrogen (secondary N) is 2.